The van der Waals surface area contributed by atoms with Crippen molar-refractivity contribution in [3.63, 3.8) is 0 Å². The molecule has 0 fully saturated rings. The number of para-hydroxylation sites is 1. The number of ether oxygens (including phenoxy) is 1. The zero-order valence-electron chi connectivity index (χ0n) is 8.77. The fourth-order valence-corrected chi connectivity index (χ4v) is 0.778. The van der Waals surface area contributed by atoms with Crippen LogP contribution in [-0.2, 0) is 70.2 Å². The number of benzene rings is 1. The van der Waals surface area contributed by atoms with Gasteiger partial charge in [-0.25, -0.2) is 0 Å². The van der Waals surface area contributed by atoms with Crippen molar-refractivity contribution in [2.75, 3.05) is 6.61 Å². The van der Waals surface area contributed by atoms with Crippen molar-refractivity contribution >= 4 is 5.91 Å². The number of carbonyl (C=O) groups is 1. The first-order chi connectivity index (χ1) is 5.79. The molecule has 0 saturated heterocycles. The first-order valence-electron chi connectivity index (χ1n) is 3.71. The van der Waals surface area contributed by atoms with Gasteiger partial charge in [0.05, 0.1) is 12.5 Å². The third-order valence-corrected chi connectivity index (χ3v) is 1.34. The molecule has 7 heteroatoms. The number of nitrogens with one attached hydrogen (secondary N) is 1. The summed E-state index contributed by atoms with van der Waals surface area (Å²) in [5, 5.41) is 0. The molecule has 1 aromatic carbocycles. The SMILES string of the molecule is O.O.[NH-]C(=O)CCOc1ccccc1.[Y].[Y]. The molecule has 0 aromatic heterocycles. The predicted octanol–water partition coefficient (Wildman–Crippen LogP) is 0.380. The van der Waals surface area contributed by atoms with Crippen molar-refractivity contribution in [3.8, 4) is 5.75 Å². The summed E-state index contributed by atoms with van der Waals surface area (Å²) in [5.74, 6) is 0.143. The molecular weight excluding hydrogens is 364 g/mol. The van der Waals surface area contributed by atoms with Crippen LogP contribution in [-0.4, -0.2) is 23.5 Å². The Morgan fingerprint density at radius 3 is 2.06 bits per heavy atom. The molecule has 0 spiro atoms. The molecule has 1 amide bonds. The Morgan fingerprint density at radius 1 is 1.12 bits per heavy atom. The second-order valence-electron chi connectivity index (χ2n) is 2.33. The van der Waals surface area contributed by atoms with Crippen LogP contribution in [0.5, 0.6) is 5.75 Å². The number of rotatable bonds is 4. The number of hydrogen-bond donors (Lipinski definition) is 0. The van der Waals surface area contributed by atoms with Gasteiger partial charge in [0.1, 0.15) is 5.75 Å². The van der Waals surface area contributed by atoms with E-state index in [4.69, 9.17) is 10.5 Å². The van der Waals surface area contributed by atoms with Crippen LogP contribution in [0.1, 0.15) is 6.42 Å². The van der Waals surface area contributed by atoms with Crippen LogP contribution in [0.4, 0.5) is 0 Å². The Bertz CT molecular complexity index is 259. The fourth-order valence-electron chi connectivity index (χ4n) is 0.778. The van der Waals surface area contributed by atoms with Gasteiger partial charge >= 0.3 is 0 Å². The topological polar surface area (TPSA) is 113 Å². The molecule has 0 bridgehead atoms. The zero-order chi connectivity index (χ0) is 8.81. The van der Waals surface area contributed by atoms with Crippen molar-refractivity contribution in [2.45, 2.75) is 6.42 Å². The maximum Gasteiger partial charge on any atom is 0.119 e. The first kappa shape index (κ1) is 25.5. The molecule has 1 aromatic rings. The normalized spacial score (nSPS) is 7.00. The molecule has 86 valence electrons. The van der Waals surface area contributed by atoms with Crippen LogP contribution < -0.4 is 4.74 Å². The molecule has 0 aliphatic rings. The summed E-state index contributed by atoms with van der Waals surface area (Å²) in [6.45, 7) is 0.284. The van der Waals surface area contributed by atoms with E-state index in [0.29, 0.717) is 0 Å². The van der Waals surface area contributed by atoms with E-state index in [1.165, 1.54) is 0 Å². The summed E-state index contributed by atoms with van der Waals surface area (Å²) in [7, 11) is 0. The first-order valence-corrected chi connectivity index (χ1v) is 3.71. The van der Waals surface area contributed by atoms with Crippen molar-refractivity contribution < 1.29 is 85.9 Å². The fraction of sp³-hybridized carbons (Fsp3) is 0.222. The van der Waals surface area contributed by atoms with E-state index in [0.717, 1.165) is 5.75 Å². The summed E-state index contributed by atoms with van der Waals surface area (Å²) in [6.07, 6.45) is 0.148. The molecule has 0 aliphatic carbocycles. The van der Waals surface area contributed by atoms with Crippen LogP contribution in [0, 0.1) is 0 Å². The van der Waals surface area contributed by atoms with E-state index in [2.05, 4.69) is 0 Å². The standard InChI is InChI=1S/C9H11NO2.2H2O.2Y/c10-9(11)6-7-12-8-4-2-1-3-5-8;;;;/h1-5H,6-7H2,(H2,10,11);2*1H2;;/p-1. The molecule has 16 heavy (non-hydrogen) atoms. The Kier molecular flexibility index (Phi) is 24.9. The minimum absolute atomic E-state index is 0. The van der Waals surface area contributed by atoms with Gasteiger partial charge in [-0.3, -0.25) is 0 Å². The minimum Gasteiger partial charge on any atom is -0.668 e. The van der Waals surface area contributed by atoms with Gasteiger partial charge in [-0.05, 0) is 12.1 Å². The number of hydrogen-bond acceptors (Lipinski definition) is 2. The maximum absolute atomic E-state index is 10.2. The van der Waals surface area contributed by atoms with Gasteiger partial charge in [0.25, 0.3) is 0 Å². The van der Waals surface area contributed by atoms with Crippen LogP contribution in [0.25, 0.3) is 5.73 Å². The number of amides is 1. The van der Waals surface area contributed by atoms with Crippen molar-refractivity contribution in [1.29, 1.82) is 0 Å². The van der Waals surface area contributed by atoms with Gasteiger partial charge in [0, 0.05) is 71.8 Å². The van der Waals surface area contributed by atoms with Gasteiger partial charge in [-0.2, -0.15) is 0 Å². The second-order valence-corrected chi connectivity index (χ2v) is 2.33. The average Bonchev–Trinajstić information content (AvgIpc) is 2.05. The van der Waals surface area contributed by atoms with Gasteiger partial charge in [-0.1, -0.05) is 18.2 Å². The third-order valence-electron chi connectivity index (χ3n) is 1.34. The molecule has 0 atom stereocenters. The van der Waals surface area contributed by atoms with Crippen LogP contribution >= 0.6 is 0 Å². The predicted molar refractivity (Wildman–Crippen MR) is 53.1 cm³/mol. The van der Waals surface area contributed by atoms with Crippen LogP contribution in [0.3, 0.4) is 0 Å². The zero-order valence-corrected chi connectivity index (χ0v) is 14.4. The summed E-state index contributed by atoms with van der Waals surface area (Å²) in [6, 6.07) is 9.24. The molecule has 0 unspecified atom stereocenters. The van der Waals surface area contributed by atoms with Gasteiger partial charge in [0.15, 0.2) is 0 Å². The van der Waals surface area contributed by atoms with E-state index in [1.54, 1.807) is 0 Å². The largest absolute Gasteiger partial charge is 0.668 e. The van der Waals surface area contributed by atoms with Crippen LogP contribution in [0.2, 0.25) is 0 Å². The molecule has 0 aliphatic heterocycles. The quantitative estimate of drug-likeness (QED) is 0.754. The molecule has 0 heterocycles. The van der Waals surface area contributed by atoms with Gasteiger partial charge in [-0.15, -0.1) is 0 Å². The molecular formula is C9H14NO4Y2-. The third kappa shape index (κ3) is 12.7. The summed E-state index contributed by atoms with van der Waals surface area (Å²) < 4.78 is 5.18. The van der Waals surface area contributed by atoms with E-state index in [1.807, 2.05) is 30.3 Å². The second kappa shape index (κ2) is 15.6. The smallest absolute Gasteiger partial charge is 0.119 e. The Balaban J connectivity index is -0.000000180. The Morgan fingerprint density at radius 2 is 1.62 bits per heavy atom. The van der Waals surface area contributed by atoms with E-state index < -0.39 is 5.91 Å². The monoisotopic (exact) mass is 378 g/mol. The maximum atomic E-state index is 10.2. The Hall–Kier alpha value is 0.618. The van der Waals surface area contributed by atoms with E-state index >= 15 is 0 Å². The molecule has 0 saturated carbocycles. The number of carbonyl (C=O) groups excluding carboxylic acids is 1. The molecule has 1 rings (SSSR count). The van der Waals surface area contributed by atoms with Crippen molar-refractivity contribution in [2.24, 2.45) is 0 Å². The average molecular weight is 378 g/mol. The molecule has 5 nitrogen and oxygen atoms in total. The van der Waals surface area contributed by atoms with Gasteiger partial charge < -0.3 is 26.2 Å². The summed E-state index contributed by atoms with van der Waals surface area (Å²) in [5.41, 5.74) is 6.62. The Labute approximate surface area is 145 Å². The molecule has 2 radical (unpaired) electrons. The minimum atomic E-state index is -0.592. The van der Waals surface area contributed by atoms with E-state index in [9.17, 15) is 4.79 Å². The van der Waals surface area contributed by atoms with Crippen molar-refractivity contribution in [3.05, 3.63) is 36.1 Å². The summed E-state index contributed by atoms with van der Waals surface area (Å²) >= 11 is 0. The van der Waals surface area contributed by atoms with Crippen LogP contribution in [0.15, 0.2) is 30.3 Å². The van der Waals surface area contributed by atoms with Gasteiger partial charge in [0.2, 0.25) is 0 Å². The molecule has 5 N–H and O–H groups in total. The summed E-state index contributed by atoms with van der Waals surface area (Å²) in [4.78, 5) is 10.2. The van der Waals surface area contributed by atoms with E-state index in [-0.39, 0.29) is 89.4 Å². The van der Waals surface area contributed by atoms with Crippen molar-refractivity contribution in [1.82, 2.24) is 0 Å².